The Balaban J connectivity index is 1.69. The number of aryl methyl sites for hydroxylation is 2. The number of halogens is 2. The zero-order chi connectivity index (χ0) is 22.3. The van der Waals surface area contributed by atoms with Crippen LogP contribution in [0.3, 0.4) is 0 Å². The molecular weight excluding hydrogens is 416 g/mol. The molecule has 1 aromatic carbocycles. The Morgan fingerprint density at radius 1 is 1.09 bits per heavy atom. The topological polar surface area (TPSA) is 80.2 Å². The SMILES string of the molecule is COc1ncc2c(n1)CCc1ccccc1-c1ccnc(N3CCC(F)(F)C3)c1NC2=O. The van der Waals surface area contributed by atoms with E-state index >= 15 is 0 Å². The highest BCUT2D eigenvalue weighted by Crippen LogP contribution is 2.40. The van der Waals surface area contributed by atoms with E-state index in [1.54, 1.807) is 12.3 Å². The number of rotatable bonds is 2. The van der Waals surface area contributed by atoms with Crippen LogP contribution in [0.5, 0.6) is 6.01 Å². The normalized spacial score (nSPS) is 17.1. The van der Waals surface area contributed by atoms with Gasteiger partial charge in [0.1, 0.15) is 0 Å². The van der Waals surface area contributed by atoms with Crippen molar-refractivity contribution in [2.24, 2.45) is 0 Å². The number of methoxy groups -OCH3 is 1. The largest absolute Gasteiger partial charge is 0.467 e. The van der Waals surface area contributed by atoms with Crippen LogP contribution in [0.15, 0.2) is 42.7 Å². The van der Waals surface area contributed by atoms with Gasteiger partial charge >= 0.3 is 6.01 Å². The molecule has 0 aliphatic carbocycles. The lowest BCUT2D eigenvalue weighted by Gasteiger charge is -2.24. The molecule has 7 nitrogen and oxygen atoms in total. The Bertz CT molecular complexity index is 1200. The number of hydrogen-bond acceptors (Lipinski definition) is 6. The molecule has 0 saturated carbocycles. The Hall–Kier alpha value is -3.62. The van der Waals surface area contributed by atoms with Gasteiger partial charge in [0.2, 0.25) is 0 Å². The van der Waals surface area contributed by atoms with Crippen LogP contribution in [0.1, 0.15) is 28.0 Å². The van der Waals surface area contributed by atoms with Crippen LogP contribution in [-0.2, 0) is 12.8 Å². The number of benzene rings is 1. The number of carbonyl (C=O) groups excluding carboxylic acids is 1. The summed E-state index contributed by atoms with van der Waals surface area (Å²) in [7, 11) is 1.47. The van der Waals surface area contributed by atoms with Gasteiger partial charge in [-0.05, 0) is 30.0 Å². The maximum Gasteiger partial charge on any atom is 0.316 e. The van der Waals surface area contributed by atoms with Crippen molar-refractivity contribution < 1.29 is 18.3 Å². The molecule has 164 valence electrons. The van der Waals surface area contributed by atoms with Gasteiger partial charge in [-0.2, -0.15) is 4.98 Å². The molecule has 3 aromatic rings. The molecule has 32 heavy (non-hydrogen) atoms. The summed E-state index contributed by atoms with van der Waals surface area (Å²) in [5.41, 5.74) is 4.00. The second-order valence-electron chi connectivity index (χ2n) is 7.91. The van der Waals surface area contributed by atoms with Gasteiger partial charge in [0.25, 0.3) is 11.8 Å². The number of alkyl halides is 2. The van der Waals surface area contributed by atoms with E-state index < -0.39 is 18.4 Å². The number of aromatic nitrogens is 3. The molecule has 2 aromatic heterocycles. The third kappa shape index (κ3) is 3.63. The van der Waals surface area contributed by atoms with Crippen molar-refractivity contribution in [2.45, 2.75) is 25.2 Å². The number of nitrogens with one attached hydrogen (secondary N) is 1. The summed E-state index contributed by atoms with van der Waals surface area (Å²) >= 11 is 0. The fraction of sp³-hybridized carbons (Fsp3) is 0.304. The maximum atomic E-state index is 14.0. The molecule has 2 aliphatic heterocycles. The van der Waals surface area contributed by atoms with Crippen LogP contribution in [0.4, 0.5) is 20.3 Å². The van der Waals surface area contributed by atoms with Crippen molar-refractivity contribution in [3.05, 3.63) is 59.5 Å². The predicted octanol–water partition coefficient (Wildman–Crippen LogP) is 3.74. The van der Waals surface area contributed by atoms with Gasteiger partial charge in [-0.1, -0.05) is 24.3 Å². The van der Waals surface area contributed by atoms with Crippen molar-refractivity contribution in [1.82, 2.24) is 15.0 Å². The molecule has 0 spiro atoms. The van der Waals surface area contributed by atoms with Gasteiger partial charge < -0.3 is 15.0 Å². The Kier molecular flexibility index (Phi) is 4.96. The van der Waals surface area contributed by atoms with E-state index in [1.807, 2.05) is 24.3 Å². The van der Waals surface area contributed by atoms with Crippen LogP contribution in [0, 0.1) is 0 Å². The zero-order valence-electron chi connectivity index (χ0n) is 17.4. The summed E-state index contributed by atoms with van der Waals surface area (Å²) < 4.78 is 33.1. The van der Waals surface area contributed by atoms with Gasteiger partial charge in [-0.25, -0.2) is 18.7 Å². The molecule has 1 saturated heterocycles. The monoisotopic (exact) mass is 437 g/mol. The Morgan fingerprint density at radius 2 is 1.94 bits per heavy atom. The van der Waals surface area contributed by atoms with Gasteiger partial charge in [0, 0.05) is 30.9 Å². The summed E-state index contributed by atoms with van der Waals surface area (Å²) in [6.45, 7) is -0.282. The Labute approximate surface area is 183 Å². The molecule has 5 rings (SSSR count). The average Bonchev–Trinajstić information content (AvgIpc) is 3.17. The smallest absolute Gasteiger partial charge is 0.316 e. The minimum absolute atomic E-state index is 0.158. The number of hydrogen-bond donors (Lipinski definition) is 1. The van der Waals surface area contributed by atoms with E-state index in [-0.39, 0.29) is 19.0 Å². The third-order valence-electron chi connectivity index (χ3n) is 5.85. The highest BCUT2D eigenvalue weighted by molar-refractivity contribution is 6.09. The molecule has 1 fully saturated rings. The number of amides is 1. The lowest BCUT2D eigenvalue weighted by molar-refractivity contribution is 0.0257. The number of anilines is 2. The molecule has 9 heteroatoms. The van der Waals surface area contributed by atoms with Crippen LogP contribution in [0.25, 0.3) is 11.1 Å². The molecule has 2 aliphatic rings. The lowest BCUT2D eigenvalue weighted by atomic mass is 9.93. The minimum atomic E-state index is -2.79. The number of ether oxygens (including phenoxy) is 1. The zero-order valence-corrected chi connectivity index (χ0v) is 17.4. The van der Waals surface area contributed by atoms with Crippen molar-refractivity contribution >= 4 is 17.4 Å². The molecule has 0 atom stereocenters. The van der Waals surface area contributed by atoms with E-state index in [0.717, 1.165) is 16.7 Å². The summed E-state index contributed by atoms with van der Waals surface area (Å²) in [5.74, 6) is -2.87. The summed E-state index contributed by atoms with van der Waals surface area (Å²) in [6, 6.07) is 9.84. The molecule has 4 heterocycles. The van der Waals surface area contributed by atoms with E-state index in [9.17, 15) is 13.6 Å². The van der Waals surface area contributed by atoms with Crippen LogP contribution < -0.4 is 15.0 Å². The molecule has 0 unspecified atom stereocenters. The second kappa shape index (κ2) is 7.81. The van der Waals surface area contributed by atoms with Crippen LogP contribution >= 0.6 is 0 Å². The highest BCUT2D eigenvalue weighted by atomic mass is 19.3. The summed E-state index contributed by atoms with van der Waals surface area (Å²) in [5, 5.41) is 2.93. The summed E-state index contributed by atoms with van der Waals surface area (Å²) in [6.07, 6.45) is 3.93. The van der Waals surface area contributed by atoms with E-state index in [0.29, 0.717) is 35.6 Å². The highest BCUT2D eigenvalue weighted by Gasteiger charge is 2.40. The van der Waals surface area contributed by atoms with Crippen LogP contribution in [0.2, 0.25) is 0 Å². The molecule has 1 N–H and O–H groups in total. The summed E-state index contributed by atoms with van der Waals surface area (Å²) in [4.78, 5) is 27.6. The standard InChI is InChI=1S/C23H21F2N5O2/c1-32-22-27-12-17-18(28-22)7-6-14-4-2-3-5-15(14)16-8-10-26-20(19(16)29-21(17)31)30-11-9-23(24,25)13-30/h2-5,8,10,12H,6-7,9,11,13H2,1H3,(H,29,31). The van der Waals surface area contributed by atoms with Gasteiger partial charge in [-0.3, -0.25) is 4.79 Å². The Morgan fingerprint density at radius 3 is 2.72 bits per heavy atom. The van der Waals surface area contributed by atoms with Crippen LogP contribution in [-0.4, -0.2) is 47.0 Å². The second-order valence-corrected chi connectivity index (χ2v) is 7.91. The first-order chi connectivity index (χ1) is 15.4. The van der Waals surface area contributed by atoms with E-state index in [2.05, 4.69) is 20.3 Å². The van der Waals surface area contributed by atoms with Gasteiger partial charge in [0.15, 0.2) is 5.82 Å². The molecular formula is C23H21F2N5O2. The number of fused-ring (bicyclic) bond motifs is 4. The number of pyridine rings is 1. The molecule has 0 radical (unpaired) electrons. The fourth-order valence-electron chi connectivity index (χ4n) is 4.27. The van der Waals surface area contributed by atoms with Gasteiger partial charge in [0.05, 0.1) is 30.6 Å². The fourth-order valence-corrected chi connectivity index (χ4v) is 4.27. The van der Waals surface area contributed by atoms with Crippen molar-refractivity contribution in [3.8, 4) is 17.1 Å². The average molecular weight is 437 g/mol. The van der Waals surface area contributed by atoms with E-state index in [4.69, 9.17) is 4.74 Å². The first-order valence-corrected chi connectivity index (χ1v) is 10.4. The third-order valence-corrected chi connectivity index (χ3v) is 5.85. The maximum absolute atomic E-state index is 14.0. The predicted molar refractivity (Wildman–Crippen MR) is 115 cm³/mol. The quantitative estimate of drug-likeness (QED) is 0.658. The minimum Gasteiger partial charge on any atom is -0.467 e. The van der Waals surface area contributed by atoms with Gasteiger partial charge in [-0.15, -0.1) is 0 Å². The van der Waals surface area contributed by atoms with Crippen molar-refractivity contribution in [3.63, 3.8) is 0 Å². The molecule has 1 amide bonds. The molecule has 0 bridgehead atoms. The number of carbonyl (C=O) groups is 1. The lowest BCUT2D eigenvalue weighted by Crippen LogP contribution is -2.27. The first-order valence-electron chi connectivity index (χ1n) is 10.4. The number of nitrogens with zero attached hydrogens (tertiary/aromatic N) is 4. The van der Waals surface area contributed by atoms with E-state index in [1.165, 1.54) is 18.2 Å². The van der Waals surface area contributed by atoms with Crippen molar-refractivity contribution in [2.75, 3.05) is 30.4 Å². The first kappa shape index (κ1) is 20.3. The van der Waals surface area contributed by atoms with Crippen molar-refractivity contribution in [1.29, 1.82) is 0 Å².